The van der Waals surface area contributed by atoms with Gasteiger partial charge in [0.25, 0.3) is 0 Å². The van der Waals surface area contributed by atoms with Crippen molar-refractivity contribution in [3.8, 4) is 0 Å². The van der Waals surface area contributed by atoms with Gasteiger partial charge in [0.15, 0.2) is 0 Å². The first kappa shape index (κ1) is 9.69. The number of hydrogen-bond donors (Lipinski definition) is 2. The second-order valence-electron chi connectivity index (χ2n) is 4.43. The quantitative estimate of drug-likeness (QED) is 0.765. The fraction of sp³-hybridized carbons (Fsp3) is 0.500. The lowest BCUT2D eigenvalue weighted by molar-refractivity contribution is 0.151. The van der Waals surface area contributed by atoms with E-state index >= 15 is 0 Å². The summed E-state index contributed by atoms with van der Waals surface area (Å²) < 4.78 is 0. The first-order chi connectivity index (χ1) is 6.59. The molecule has 0 heterocycles. The molecule has 2 heteroatoms. The van der Waals surface area contributed by atoms with E-state index in [-0.39, 0.29) is 6.04 Å². The molecule has 1 aromatic rings. The second kappa shape index (κ2) is 3.37. The van der Waals surface area contributed by atoms with Crippen LogP contribution in [0.5, 0.6) is 0 Å². The van der Waals surface area contributed by atoms with E-state index in [9.17, 15) is 5.11 Å². The average Bonchev–Trinajstić information content (AvgIpc) is 2.84. The van der Waals surface area contributed by atoms with E-state index in [0.29, 0.717) is 0 Å². The highest BCUT2D eigenvalue weighted by Gasteiger charge is 2.39. The minimum absolute atomic E-state index is 0.0908. The molecular formula is C12H17NO. The van der Waals surface area contributed by atoms with E-state index in [1.54, 1.807) is 0 Å². The predicted octanol–water partition coefficient (Wildman–Crippen LogP) is 1.77. The van der Waals surface area contributed by atoms with Crippen LogP contribution in [-0.2, 0) is 6.42 Å². The van der Waals surface area contributed by atoms with Crippen molar-refractivity contribution in [1.82, 2.24) is 0 Å². The maximum atomic E-state index is 9.74. The fourth-order valence-corrected chi connectivity index (χ4v) is 1.64. The average molecular weight is 191 g/mol. The Morgan fingerprint density at radius 1 is 1.36 bits per heavy atom. The summed E-state index contributed by atoms with van der Waals surface area (Å²) in [6, 6.07) is 8.31. The number of aliphatic hydroxyl groups is 1. The van der Waals surface area contributed by atoms with Crippen LogP contribution < -0.4 is 5.73 Å². The number of rotatable bonds is 3. The Kier molecular flexibility index (Phi) is 2.33. The molecule has 1 aliphatic rings. The summed E-state index contributed by atoms with van der Waals surface area (Å²) in [4.78, 5) is 0. The first-order valence-electron chi connectivity index (χ1n) is 5.16. The normalized spacial score (nSPS) is 20.5. The van der Waals surface area contributed by atoms with Crippen molar-refractivity contribution in [1.29, 1.82) is 0 Å². The first-order valence-corrected chi connectivity index (χ1v) is 5.16. The van der Waals surface area contributed by atoms with Gasteiger partial charge in [-0.1, -0.05) is 24.3 Å². The molecule has 0 saturated heterocycles. The molecule has 2 nitrogen and oxygen atoms in total. The van der Waals surface area contributed by atoms with Gasteiger partial charge in [-0.2, -0.15) is 0 Å². The van der Waals surface area contributed by atoms with Gasteiger partial charge in [-0.15, -0.1) is 0 Å². The lowest BCUT2D eigenvalue weighted by Gasteiger charge is -2.09. The highest BCUT2D eigenvalue weighted by atomic mass is 16.3. The molecule has 3 N–H and O–H groups in total. The van der Waals surface area contributed by atoms with Crippen molar-refractivity contribution < 1.29 is 5.11 Å². The minimum Gasteiger partial charge on any atom is -0.390 e. The van der Waals surface area contributed by atoms with E-state index in [2.05, 4.69) is 12.1 Å². The Morgan fingerprint density at radius 2 is 1.93 bits per heavy atom. The zero-order valence-electron chi connectivity index (χ0n) is 8.53. The Hall–Kier alpha value is -0.860. The summed E-state index contributed by atoms with van der Waals surface area (Å²) in [7, 11) is 0. The number of benzene rings is 1. The van der Waals surface area contributed by atoms with Crippen molar-refractivity contribution in [3.63, 3.8) is 0 Å². The highest BCUT2D eigenvalue weighted by molar-refractivity contribution is 5.26. The fourth-order valence-electron chi connectivity index (χ4n) is 1.64. The highest BCUT2D eigenvalue weighted by Crippen LogP contribution is 2.38. The summed E-state index contributed by atoms with van der Waals surface area (Å²) in [5.41, 5.74) is 7.71. The Labute approximate surface area is 84.7 Å². The molecule has 1 atom stereocenters. The number of hydrogen-bond acceptors (Lipinski definition) is 2. The molecule has 0 bridgehead atoms. The number of nitrogens with two attached hydrogens (primary N) is 1. The maximum Gasteiger partial charge on any atom is 0.0690 e. The van der Waals surface area contributed by atoms with Gasteiger partial charge in [0, 0.05) is 12.5 Å². The third-order valence-corrected chi connectivity index (χ3v) is 2.87. The van der Waals surface area contributed by atoms with Crippen LogP contribution in [0.3, 0.4) is 0 Å². The lowest BCUT2D eigenvalue weighted by atomic mass is 10.0. The molecule has 1 saturated carbocycles. The van der Waals surface area contributed by atoms with Gasteiger partial charge in [-0.05, 0) is 30.9 Å². The molecule has 1 unspecified atom stereocenters. The van der Waals surface area contributed by atoms with Crippen LogP contribution in [0.4, 0.5) is 0 Å². The monoisotopic (exact) mass is 191 g/mol. The van der Waals surface area contributed by atoms with Gasteiger partial charge in [-0.3, -0.25) is 0 Å². The van der Waals surface area contributed by atoms with Gasteiger partial charge in [0.1, 0.15) is 0 Å². The molecule has 1 fully saturated rings. The molecule has 2 rings (SSSR count). The third kappa shape index (κ3) is 2.14. The smallest absolute Gasteiger partial charge is 0.0690 e. The Morgan fingerprint density at radius 3 is 2.36 bits per heavy atom. The summed E-state index contributed by atoms with van der Waals surface area (Å²) in [6.07, 6.45) is 2.68. The predicted molar refractivity (Wildman–Crippen MR) is 56.9 cm³/mol. The molecule has 0 amide bonds. The molecule has 14 heavy (non-hydrogen) atoms. The molecule has 0 aliphatic heterocycles. The van der Waals surface area contributed by atoms with Crippen molar-refractivity contribution in [2.45, 2.75) is 37.8 Å². The van der Waals surface area contributed by atoms with Crippen molar-refractivity contribution in [2.75, 3.05) is 0 Å². The van der Waals surface area contributed by atoms with Gasteiger partial charge in [0.2, 0.25) is 0 Å². The van der Waals surface area contributed by atoms with Crippen LogP contribution in [0.1, 0.15) is 36.9 Å². The molecule has 0 aromatic heterocycles. The van der Waals surface area contributed by atoms with Crippen LogP contribution >= 0.6 is 0 Å². The van der Waals surface area contributed by atoms with E-state index in [1.165, 1.54) is 5.56 Å². The van der Waals surface area contributed by atoms with Crippen LogP contribution in [-0.4, -0.2) is 10.7 Å². The van der Waals surface area contributed by atoms with Gasteiger partial charge < -0.3 is 10.8 Å². The SMILES string of the molecule is CC(N)c1ccc(CC2(O)CC2)cc1. The third-order valence-electron chi connectivity index (χ3n) is 2.87. The van der Waals surface area contributed by atoms with Crippen LogP contribution in [0.15, 0.2) is 24.3 Å². The van der Waals surface area contributed by atoms with E-state index in [1.807, 2.05) is 19.1 Å². The minimum atomic E-state index is -0.393. The van der Waals surface area contributed by atoms with E-state index in [4.69, 9.17) is 5.73 Å². The van der Waals surface area contributed by atoms with Crippen LogP contribution in [0.2, 0.25) is 0 Å². The van der Waals surface area contributed by atoms with Crippen molar-refractivity contribution in [3.05, 3.63) is 35.4 Å². The standard InChI is InChI=1S/C12H17NO/c1-9(13)11-4-2-10(3-5-11)8-12(14)6-7-12/h2-5,9,14H,6-8,13H2,1H3. The Bertz CT molecular complexity index is 312. The summed E-state index contributed by atoms with van der Waals surface area (Å²) in [6.45, 7) is 1.98. The molecule has 0 radical (unpaired) electrons. The van der Waals surface area contributed by atoms with Gasteiger partial charge >= 0.3 is 0 Å². The molecule has 76 valence electrons. The molecule has 0 spiro atoms. The van der Waals surface area contributed by atoms with Crippen LogP contribution in [0.25, 0.3) is 0 Å². The topological polar surface area (TPSA) is 46.2 Å². The van der Waals surface area contributed by atoms with Gasteiger partial charge in [-0.25, -0.2) is 0 Å². The lowest BCUT2D eigenvalue weighted by Crippen LogP contribution is -2.11. The summed E-state index contributed by atoms with van der Waals surface area (Å²) in [5.74, 6) is 0. The second-order valence-corrected chi connectivity index (χ2v) is 4.43. The zero-order valence-corrected chi connectivity index (χ0v) is 8.53. The van der Waals surface area contributed by atoms with Crippen molar-refractivity contribution in [2.24, 2.45) is 5.73 Å². The van der Waals surface area contributed by atoms with E-state index < -0.39 is 5.60 Å². The summed E-state index contributed by atoms with van der Waals surface area (Å²) in [5, 5.41) is 9.74. The Balaban J connectivity index is 2.06. The molecular weight excluding hydrogens is 174 g/mol. The largest absolute Gasteiger partial charge is 0.390 e. The van der Waals surface area contributed by atoms with Crippen LogP contribution in [0, 0.1) is 0 Å². The van der Waals surface area contributed by atoms with E-state index in [0.717, 1.165) is 24.8 Å². The van der Waals surface area contributed by atoms with Gasteiger partial charge in [0.05, 0.1) is 5.60 Å². The van der Waals surface area contributed by atoms with Crippen molar-refractivity contribution >= 4 is 0 Å². The maximum absolute atomic E-state index is 9.74. The molecule has 1 aliphatic carbocycles. The summed E-state index contributed by atoms with van der Waals surface area (Å²) >= 11 is 0. The zero-order chi connectivity index (χ0) is 10.2. The molecule has 1 aromatic carbocycles.